The van der Waals surface area contributed by atoms with Crippen LogP contribution in [-0.2, 0) is 19.6 Å². The van der Waals surface area contributed by atoms with E-state index in [9.17, 15) is 18.0 Å². The molecule has 1 aromatic rings. The molecular formula is C15H20ClN3O5S. The van der Waals surface area contributed by atoms with Crippen LogP contribution in [0.3, 0.4) is 0 Å². The average molecular weight is 390 g/mol. The molecule has 25 heavy (non-hydrogen) atoms. The Hall–Kier alpha value is -1.84. The number of amides is 2. The number of benzene rings is 1. The van der Waals surface area contributed by atoms with Gasteiger partial charge in [0.15, 0.2) is 6.61 Å². The molecular weight excluding hydrogens is 370 g/mol. The number of likely N-dealkylation sites (N-methyl/N-ethyl adjacent to an activating group) is 1. The first-order valence-electron chi connectivity index (χ1n) is 7.70. The van der Waals surface area contributed by atoms with Crippen LogP contribution >= 0.6 is 11.6 Å². The third-order valence-electron chi connectivity index (χ3n) is 3.41. The van der Waals surface area contributed by atoms with Crippen molar-refractivity contribution < 1.29 is 22.7 Å². The molecule has 2 N–H and O–H groups in total. The summed E-state index contributed by atoms with van der Waals surface area (Å²) in [7, 11) is -4.01. The summed E-state index contributed by atoms with van der Waals surface area (Å²) in [5, 5.41) is 5.14. The number of hydrogen-bond donors (Lipinski definition) is 2. The third kappa shape index (κ3) is 4.42. The average Bonchev–Trinajstić information content (AvgIpc) is 2.50. The van der Waals surface area contributed by atoms with E-state index in [1.54, 1.807) is 20.8 Å². The van der Waals surface area contributed by atoms with Crippen molar-refractivity contribution in [1.82, 2.24) is 9.62 Å². The molecule has 0 unspecified atom stereocenters. The van der Waals surface area contributed by atoms with E-state index >= 15 is 0 Å². The van der Waals surface area contributed by atoms with Crippen LogP contribution in [0.25, 0.3) is 0 Å². The second kappa shape index (κ2) is 7.59. The van der Waals surface area contributed by atoms with Gasteiger partial charge in [-0.15, -0.1) is 0 Å². The summed E-state index contributed by atoms with van der Waals surface area (Å²) >= 11 is 6.10. The highest BCUT2D eigenvalue weighted by Gasteiger charge is 2.30. The van der Waals surface area contributed by atoms with Crippen molar-refractivity contribution in [2.75, 3.05) is 25.0 Å². The minimum Gasteiger partial charge on any atom is -0.482 e. The first-order valence-corrected chi connectivity index (χ1v) is 9.52. The number of nitrogens with zero attached hydrogens (tertiary/aromatic N) is 1. The summed E-state index contributed by atoms with van der Waals surface area (Å²) in [4.78, 5) is 23.1. The van der Waals surface area contributed by atoms with Gasteiger partial charge in [0.2, 0.25) is 15.9 Å². The number of anilines is 1. The summed E-state index contributed by atoms with van der Waals surface area (Å²) < 4.78 is 32.0. The van der Waals surface area contributed by atoms with E-state index in [-0.39, 0.29) is 47.3 Å². The number of halogens is 1. The summed E-state index contributed by atoms with van der Waals surface area (Å²) in [6, 6.07) is 2.48. The van der Waals surface area contributed by atoms with Crippen LogP contribution in [0.15, 0.2) is 17.0 Å². The van der Waals surface area contributed by atoms with Crippen LogP contribution in [0, 0.1) is 0 Å². The van der Waals surface area contributed by atoms with Crippen molar-refractivity contribution in [3.63, 3.8) is 0 Å². The summed E-state index contributed by atoms with van der Waals surface area (Å²) in [6.07, 6.45) is 0. The Bertz CT molecular complexity index is 795. The van der Waals surface area contributed by atoms with E-state index in [2.05, 4.69) is 10.6 Å². The third-order valence-corrected chi connectivity index (χ3v) is 5.79. The van der Waals surface area contributed by atoms with Gasteiger partial charge < -0.3 is 15.4 Å². The Morgan fingerprint density at radius 3 is 2.72 bits per heavy atom. The van der Waals surface area contributed by atoms with Gasteiger partial charge in [0.05, 0.1) is 17.3 Å². The van der Waals surface area contributed by atoms with Crippen molar-refractivity contribution in [2.24, 2.45) is 0 Å². The second-order valence-electron chi connectivity index (χ2n) is 5.77. The van der Waals surface area contributed by atoms with Crippen molar-refractivity contribution in [2.45, 2.75) is 31.7 Å². The maximum absolute atomic E-state index is 12.9. The van der Waals surface area contributed by atoms with Gasteiger partial charge >= 0.3 is 0 Å². The molecule has 0 aliphatic carbocycles. The van der Waals surface area contributed by atoms with Gasteiger partial charge in [0, 0.05) is 18.7 Å². The molecule has 8 nitrogen and oxygen atoms in total. The Balaban J connectivity index is 2.34. The molecule has 0 atom stereocenters. The fourth-order valence-electron chi connectivity index (χ4n) is 2.31. The fraction of sp³-hybridized carbons (Fsp3) is 0.467. The van der Waals surface area contributed by atoms with Crippen molar-refractivity contribution in [1.29, 1.82) is 0 Å². The Labute approximate surface area is 151 Å². The number of fused-ring (bicyclic) bond motifs is 1. The Morgan fingerprint density at radius 1 is 1.44 bits per heavy atom. The minimum absolute atomic E-state index is 0.0627. The smallest absolute Gasteiger partial charge is 0.262 e. The van der Waals surface area contributed by atoms with Crippen molar-refractivity contribution in [3.05, 3.63) is 17.2 Å². The molecule has 1 aromatic carbocycles. The molecule has 10 heteroatoms. The number of hydrogen-bond acceptors (Lipinski definition) is 5. The molecule has 1 aliphatic rings. The van der Waals surface area contributed by atoms with Gasteiger partial charge in [-0.3, -0.25) is 9.59 Å². The zero-order valence-electron chi connectivity index (χ0n) is 14.1. The SMILES string of the molecule is CCN(CC(=O)NC(C)C)S(=O)(=O)c1cc2c(cc1Cl)NC(=O)CO2. The van der Waals surface area contributed by atoms with Gasteiger partial charge in [-0.1, -0.05) is 18.5 Å². The van der Waals surface area contributed by atoms with Crippen LogP contribution in [0.4, 0.5) is 5.69 Å². The van der Waals surface area contributed by atoms with E-state index in [0.717, 1.165) is 4.31 Å². The van der Waals surface area contributed by atoms with E-state index < -0.39 is 15.9 Å². The molecule has 2 rings (SSSR count). The van der Waals surface area contributed by atoms with Gasteiger partial charge in [0.1, 0.15) is 10.6 Å². The fourth-order valence-corrected chi connectivity index (χ4v) is 4.24. The van der Waals surface area contributed by atoms with Gasteiger partial charge in [-0.25, -0.2) is 8.42 Å². The van der Waals surface area contributed by atoms with Crippen molar-refractivity contribution >= 4 is 39.1 Å². The predicted octanol–water partition coefficient (Wildman–Crippen LogP) is 1.21. The topological polar surface area (TPSA) is 105 Å². The summed E-state index contributed by atoms with van der Waals surface area (Å²) in [6.45, 7) is 4.77. The van der Waals surface area contributed by atoms with Crippen molar-refractivity contribution in [3.8, 4) is 5.75 Å². The normalized spacial score (nSPS) is 14.1. The molecule has 0 saturated heterocycles. The van der Waals surface area contributed by atoms with Crippen LogP contribution in [0.1, 0.15) is 20.8 Å². The zero-order valence-corrected chi connectivity index (χ0v) is 15.7. The molecule has 138 valence electrons. The number of carbonyl (C=O) groups is 2. The molecule has 0 aromatic heterocycles. The van der Waals surface area contributed by atoms with E-state index in [4.69, 9.17) is 16.3 Å². The maximum atomic E-state index is 12.9. The van der Waals surface area contributed by atoms with Gasteiger partial charge in [-0.2, -0.15) is 4.31 Å². The number of rotatable bonds is 6. The Morgan fingerprint density at radius 2 is 2.12 bits per heavy atom. The van der Waals surface area contributed by atoms with Crippen LogP contribution < -0.4 is 15.4 Å². The van der Waals surface area contributed by atoms with E-state index in [0.29, 0.717) is 5.69 Å². The highest BCUT2D eigenvalue weighted by atomic mass is 35.5. The highest BCUT2D eigenvalue weighted by Crippen LogP contribution is 2.36. The van der Waals surface area contributed by atoms with Crippen LogP contribution in [-0.4, -0.2) is 50.3 Å². The molecule has 1 aliphatic heterocycles. The van der Waals surface area contributed by atoms with Gasteiger partial charge in [-0.05, 0) is 19.9 Å². The number of sulfonamides is 1. The summed E-state index contributed by atoms with van der Waals surface area (Å²) in [5.41, 5.74) is 0.306. The van der Waals surface area contributed by atoms with Crippen LogP contribution in [0.2, 0.25) is 5.02 Å². The first kappa shape index (κ1) is 19.5. The molecule has 1 heterocycles. The number of nitrogens with one attached hydrogen (secondary N) is 2. The summed E-state index contributed by atoms with van der Waals surface area (Å²) in [5.74, 6) is -0.539. The molecule has 0 bridgehead atoms. The molecule has 0 saturated carbocycles. The zero-order chi connectivity index (χ0) is 18.8. The van der Waals surface area contributed by atoms with Crippen LogP contribution in [0.5, 0.6) is 5.75 Å². The molecule has 2 amide bonds. The molecule has 0 spiro atoms. The largest absolute Gasteiger partial charge is 0.482 e. The second-order valence-corrected chi connectivity index (χ2v) is 8.08. The molecule has 0 fully saturated rings. The minimum atomic E-state index is -4.01. The first-order chi connectivity index (χ1) is 11.6. The lowest BCUT2D eigenvalue weighted by molar-refractivity contribution is -0.121. The lowest BCUT2D eigenvalue weighted by Gasteiger charge is -2.23. The number of carbonyl (C=O) groups excluding carboxylic acids is 2. The van der Waals surface area contributed by atoms with E-state index in [1.165, 1.54) is 12.1 Å². The molecule has 0 radical (unpaired) electrons. The highest BCUT2D eigenvalue weighted by molar-refractivity contribution is 7.89. The lowest BCUT2D eigenvalue weighted by atomic mass is 10.2. The van der Waals surface area contributed by atoms with E-state index in [1.807, 2.05) is 0 Å². The lowest BCUT2D eigenvalue weighted by Crippen LogP contribution is -2.42. The predicted molar refractivity (Wildman–Crippen MR) is 93.3 cm³/mol. The monoisotopic (exact) mass is 389 g/mol. The quantitative estimate of drug-likeness (QED) is 0.760. The van der Waals surface area contributed by atoms with Gasteiger partial charge in [0.25, 0.3) is 5.91 Å². The number of ether oxygens (including phenoxy) is 1. The maximum Gasteiger partial charge on any atom is 0.262 e. The Kier molecular flexibility index (Phi) is 5.91. The standard InChI is InChI=1S/C15H20ClN3O5S/c1-4-19(7-14(20)17-9(2)3)25(22,23)13-6-12-11(5-10(13)16)18-15(21)8-24-12/h5-6,9H,4,7-8H2,1-3H3,(H,17,20)(H,18,21).